The van der Waals surface area contributed by atoms with Crippen LogP contribution < -0.4 is 14.8 Å². The van der Waals surface area contributed by atoms with Crippen LogP contribution in [-0.2, 0) is 0 Å². The fraction of sp³-hybridized carbons (Fsp3) is 0.158. The standard InChI is InChI=1S/C19H17ClN4O2/c1-25-17-8-7-12(9-18(17)26-2)16-10-15(13-5-3-4-6-14(13)20)23-19-21-11-22-24(16)19/h3-11,16H,1-2H3,(H,21,22,23). The lowest BCUT2D eigenvalue weighted by atomic mass is 10.0. The van der Waals surface area contributed by atoms with Gasteiger partial charge in [0.25, 0.3) is 0 Å². The summed E-state index contributed by atoms with van der Waals surface area (Å²) in [6.45, 7) is 0. The highest BCUT2D eigenvalue weighted by molar-refractivity contribution is 6.32. The summed E-state index contributed by atoms with van der Waals surface area (Å²) in [6, 6.07) is 13.4. The van der Waals surface area contributed by atoms with Gasteiger partial charge in [-0.05, 0) is 29.8 Å². The predicted molar refractivity (Wildman–Crippen MR) is 101 cm³/mol. The number of fused-ring (bicyclic) bond motifs is 1. The summed E-state index contributed by atoms with van der Waals surface area (Å²) in [7, 11) is 3.24. The highest BCUT2D eigenvalue weighted by atomic mass is 35.5. The van der Waals surface area contributed by atoms with Gasteiger partial charge in [-0.1, -0.05) is 35.9 Å². The summed E-state index contributed by atoms with van der Waals surface area (Å²) in [5.74, 6) is 2.00. The van der Waals surface area contributed by atoms with Crippen molar-refractivity contribution >= 4 is 23.2 Å². The fourth-order valence-electron chi connectivity index (χ4n) is 3.04. The third-order valence-corrected chi connectivity index (χ3v) is 4.65. The van der Waals surface area contributed by atoms with E-state index in [0.29, 0.717) is 22.5 Å². The molecule has 1 aliphatic rings. The van der Waals surface area contributed by atoms with Crippen molar-refractivity contribution in [2.45, 2.75) is 6.04 Å². The number of anilines is 1. The molecule has 1 aromatic heterocycles. The number of methoxy groups -OCH3 is 2. The Labute approximate surface area is 156 Å². The van der Waals surface area contributed by atoms with E-state index in [1.807, 2.05) is 47.1 Å². The average Bonchev–Trinajstić information content (AvgIpc) is 3.15. The van der Waals surface area contributed by atoms with Gasteiger partial charge >= 0.3 is 0 Å². The number of allylic oxidation sites excluding steroid dienone is 1. The number of aromatic nitrogens is 3. The van der Waals surface area contributed by atoms with Crippen molar-refractivity contribution in [1.82, 2.24) is 14.8 Å². The second-order valence-corrected chi connectivity index (χ2v) is 6.18. The number of hydrogen-bond acceptors (Lipinski definition) is 5. The van der Waals surface area contributed by atoms with Crippen LogP contribution in [0.2, 0.25) is 5.02 Å². The lowest BCUT2D eigenvalue weighted by Crippen LogP contribution is -2.20. The van der Waals surface area contributed by atoms with Crippen LogP contribution in [0.15, 0.2) is 54.9 Å². The van der Waals surface area contributed by atoms with Gasteiger partial charge in [0.2, 0.25) is 5.95 Å². The largest absolute Gasteiger partial charge is 0.493 e. The molecule has 7 heteroatoms. The Morgan fingerprint density at radius 2 is 1.88 bits per heavy atom. The maximum Gasteiger partial charge on any atom is 0.226 e. The first-order chi connectivity index (χ1) is 12.7. The molecule has 1 atom stereocenters. The maximum absolute atomic E-state index is 6.38. The van der Waals surface area contributed by atoms with E-state index in [1.54, 1.807) is 14.2 Å². The van der Waals surface area contributed by atoms with E-state index in [1.165, 1.54) is 6.33 Å². The highest BCUT2D eigenvalue weighted by Gasteiger charge is 2.25. The molecular formula is C19H17ClN4O2. The first-order valence-corrected chi connectivity index (χ1v) is 8.44. The molecule has 1 unspecified atom stereocenters. The van der Waals surface area contributed by atoms with Gasteiger partial charge in [-0.3, -0.25) is 0 Å². The van der Waals surface area contributed by atoms with Crippen molar-refractivity contribution in [2.24, 2.45) is 0 Å². The molecule has 4 rings (SSSR count). The molecule has 132 valence electrons. The zero-order valence-corrected chi connectivity index (χ0v) is 15.1. The molecule has 26 heavy (non-hydrogen) atoms. The summed E-state index contributed by atoms with van der Waals surface area (Å²) in [5.41, 5.74) is 2.80. The van der Waals surface area contributed by atoms with E-state index >= 15 is 0 Å². The molecule has 1 aliphatic heterocycles. The molecule has 0 saturated carbocycles. The van der Waals surface area contributed by atoms with Crippen LogP contribution in [0.25, 0.3) is 5.70 Å². The number of ether oxygens (including phenoxy) is 2. The lowest BCUT2D eigenvalue weighted by Gasteiger charge is -2.25. The van der Waals surface area contributed by atoms with Crippen LogP contribution in [0.1, 0.15) is 17.2 Å². The molecule has 0 amide bonds. The van der Waals surface area contributed by atoms with Crippen molar-refractivity contribution in [3.8, 4) is 11.5 Å². The minimum atomic E-state index is -0.153. The van der Waals surface area contributed by atoms with E-state index in [-0.39, 0.29) is 6.04 Å². The maximum atomic E-state index is 6.38. The predicted octanol–water partition coefficient (Wildman–Crippen LogP) is 4.00. The van der Waals surface area contributed by atoms with Crippen molar-refractivity contribution in [2.75, 3.05) is 19.5 Å². The number of nitrogens with one attached hydrogen (secondary N) is 1. The van der Waals surface area contributed by atoms with Crippen molar-refractivity contribution in [1.29, 1.82) is 0 Å². The monoisotopic (exact) mass is 368 g/mol. The second kappa shape index (κ2) is 6.72. The van der Waals surface area contributed by atoms with Gasteiger partial charge in [0.1, 0.15) is 12.4 Å². The van der Waals surface area contributed by atoms with Crippen molar-refractivity contribution in [3.05, 3.63) is 71.0 Å². The molecule has 0 bridgehead atoms. The van der Waals surface area contributed by atoms with Gasteiger partial charge in [0, 0.05) is 16.3 Å². The summed E-state index contributed by atoms with van der Waals surface area (Å²) >= 11 is 6.38. The average molecular weight is 369 g/mol. The van der Waals surface area contributed by atoms with Gasteiger partial charge in [-0.2, -0.15) is 10.1 Å². The number of benzene rings is 2. The molecule has 6 nitrogen and oxygen atoms in total. The molecule has 0 radical (unpaired) electrons. The molecule has 1 N–H and O–H groups in total. The van der Waals surface area contributed by atoms with Gasteiger partial charge < -0.3 is 14.8 Å². The minimum Gasteiger partial charge on any atom is -0.493 e. The summed E-state index contributed by atoms with van der Waals surface area (Å²) in [5, 5.41) is 8.32. The molecule has 0 spiro atoms. The van der Waals surface area contributed by atoms with Gasteiger partial charge in [-0.25, -0.2) is 4.68 Å². The Morgan fingerprint density at radius 3 is 2.65 bits per heavy atom. The molecule has 2 heterocycles. The van der Waals surface area contributed by atoms with Crippen LogP contribution in [0, 0.1) is 0 Å². The Kier molecular flexibility index (Phi) is 4.26. The van der Waals surface area contributed by atoms with E-state index in [9.17, 15) is 0 Å². The van der Waals surface area contributed by atoms with Gasteiger partial charge in [0.05, 0.1) is 14.2 Å². The Hall–Kier alpha value is -2.99. The summed E-state index contributed by atoms with van der Waals surface area (Å²) in [6.07, 6.45) is 3.60. The molecule has 0 fully saturated rings. The lowest BCUT2D eigenvalue weighted by molar-refractivity contribution is 0.354. The number of hydrogen-bond donors (Lipinski definition) is 1. The fourth-order valence-corrected chi connectivity index (χ4v) is 3.28. The van der Waals surface area contributed by atoms with Gasteiger partial charge in [-0.15, -0.1) is 0 Å². The second-order valence-electron chi connectivity index (χ2n) is 5.77. The molecule has 0 aliphatic carbocycles. The van der Waals surface area contributed by atoms with Gasteiger partial charge in [0.15, 0.2) is 11.5 Å². The quantitative estimate of drug-likeness (QED) is 0.754. The van der Waals surface area contributed by atoms with E-state index in [0.717, 1.165) is 16.8 Å². The zero-order valence-electron chi connectivity index (χ0n) is 14.3. The Morgan fingerprint density at radius 1 is 1.08 bits per heavy atom. The molecule has 3 aromatic rings. The molecule has 0 saturated heterocycles. The SMILES string of the molecule is COc1ccc(C2C=C(c3ccccc3Cl)Nc3ncnn32)cc1OC. The number of nitrogens with zero attached hydrogens (tertiary/aromatic N) is 3. The smallest absolute Gasteiger partial charge is 0.226 e. The van der Waals surface area contributed by atoms with Crippen LogP contribution in [0.5, 0.6) is 11.5 Å². The van der Waals surface area contributed by atoms with Crippen LogP contribution >= 0.6 is 11.6 Å². The third kappa shape index (κ3) is 2.78. The van der Waals surface area contributed by atoms with E-state index < -0.39 is 0 Å². The zero-order chi connectivity index (χ0) is 18.1. The van der Waals surface area contributed by atoms with Crippen molar-refractivity contribution in [3.63, 3.8) is 0 Å². The molecule has 2 aromatic carbocycles. The normalized spacial score (nSPS) is 15.7. The Bertz CT molecular complexity index is 983. The summed E-state index contributed by atoms with van der Waals surface area (Å²) in [4.78, 5) is 4.32. The Balaban J connectivity index is 1.83. The highest BCUT2D eigenvalue weighted by Crippen LogP contribution is 2.37. The third-order valence-electron chi connectivity index (χ3n) is 4.32. The van der Waals surface area contributed by atoms with Crippen LogP contribution in [-0.4, -0.2) is 29.0 Å². The van der Waals surface area contributed by atoms with E-state index in [4.69, 9.17) is 21.1 Å². The number of halogens is 1. The van der Waals surface area contributed by atoms with Crippen LogP contribution in [0.4, 0.5) is 5.95 Å². The van der Waals surface area contributed by atoms with E-state index in [2.05, 4.69) is 21.5 Å². The first kappa shape index (κ1) is 16.5. The van der Waals surface area contributed by atoms with Crippen molar-refractivity contribution < 1.29 is 9.47 Å². The van der Waals surface area contributed by atoms with Crippen LogP contribution in [0.3, 0.4) is 0 Å². The topological polar surface area (TPSA) is 61.2 Å². The number of rotatable bonds is 4. The molecular weight excluding hydrogens is 352 g/mol. The summed E-state index contributed by atoms with van der Waals surface area (Å²) < 4.78 is 12.6. The first-order valence-electron chi connectivity index (χ1n) is 8.06. The minimum absolute atomic E-state index is 0.153.